The van der Waals surface area contributed by atoms with Crippen molar-refractivity contribution < 1.29 is 19.1 Å². The molecule has 9 heteroatoms. The summed E-state index contributed by atoms with van der Waals surface area (Å²) in [5, 5.41) is 2.50. The van der Waals surface area contributed by atoms with E-state index in [0.29, 0.717) is 18.7 Å². The maximum absolute atomic E-state index is 12.4. The Hall–Kier alpha value is -3.38. The molecule has 1 aromatic heterocycles. The Morgan fingerprint density at radius 2 is 1.87 bits per heavy atom. The van der Waals surface area contributed by atoms with Gasteiger partial charge in [-0.15, -0.1) is 17.8 Å². The molecule has 31 heavy (non-hydrogen) atoms. The quantitative estimate of drug-likeness (QED) is 0.550. The van der Waals surface area contributed by atoms with Crippen LogP contribution in [0.3, 0.4) is 0 Å². The molecule has 0 aliphatic carbocycles. The summed E-state index contributed by atoms with van der Waals surface area (Å²) in [6.07, 6.45) is 7.04. The fraction of sp³-hybridized carbons (Fsp3) is 0.364. The molecule has 2 heterocycles. The summed E-state index contributed by atoms with van der Waals surface area (Å²) in [5.41, 5.74) is 6.66. The number of nitrogens with one attached hydrogen (secondary N) is 2. The van der Waals surface area contributed by atoms with Crippen molar-refractivity contribution in [3.63, 3.8) is 0 Å². The Bertz CT molecular complexity index is 972. The van der Waals surface area contributed by atoms with Crippen molar-refractivity contribution in [1.82, 2.24) is 20.7 Å². The van der Waals surface area contributed by atoms with Gasteiger partial charge in [0, 0.05) is 30.0 Å². The molecule has 3 amide bonds. The molecule has 2 aromatic rings. The zero-order valence-corrected chi connectivity index (χ0v) is 18.0. The summed E-state index contributed by atoms with van der Waals surface area (Å²) >= 11 is 1.40. The van der Waals surface area contributed by atoms with Crippen LogP contribution in [0.1, 0.15) is 57.1 Å². The topological polar surface area (TPSA) is 101 Å². The largest absolute Gasteiger partial charge is 0.436 e. The Morgan fingerprint density at radius 3 is 2.52 bits per heavy atom. The molecule has 1 aromatic carbocycles. The van der Waals surface area contributed by atoms with E-state index in [9.17, 15) is 14.4 Å². The maximum Gasteiger partial charge on any atom is 0.410 e. The second kappa shape index (κ2) is 10.6. The van der Waals surface area contributed by atoms with Gasteiger partial charge in [-0.25, -0.2) is 9.78 Å². The molecule has 0 spiro atoms. The van der Waals surface area contributed by atoms with Crippen molar-refractivity contribution in [2.45, 2.75) is 32.1 Å². The lowest BCUT2D eigenvalue weighted by Gasteiger charge is -2.30. The van der Waals surface area contributed by atoms with E-state index in [1.165, 1.54) is 11.3 Å². The SMILES string of the molecule is C#CCOC(=O)N1CCC(c2nc(C(=O)NNC(=O)c3ccc(CC)cc3)cs2)CC1. The van der Waals surface area contributed by atoms with Crippen LogP contribution in [0.25, 0.3) is 0 Å². The molecule has 1 aliphatic rings. The summed E-state index contributed by atoms with van der Waals surface area (Å²) < 4.78 is 4.95. The highest BCUT2D eigenvalue weighted by atomic mass is 32.1. The van der Waals surface area contributed by atoms with Gasteiger partial charge < -0.3 is 9.64 Å². The number of piperidine rings is 1. The number of terminal acetylenes is 1. The lowest BCUT2D eigenvalue weighted by Crippen LogP contribution is -2.41. The molecule has 0 bridgehead atoms. The third kappa shape index (κ3) is 5.83. The van der Waals surface area contributed by atoms with Crippen LogP contribution in [0.4, 0.5) is 4.79 Å². The van der Waals surface area contributed by atoms with Gasteiger partial charge in [-0.3, -0.25) is 20.4 Å². The first-order valence-corrected chi connectivity index (χ1v) is 10.9. The van der Waals surface area contributed by atoms with Gasteiger partial charge in [0.1, 0.15) is 5.69 Å². The van der Waals surface area contributed by atoms with E-state index in [1.54, 1.807) is 22.4 Å². The van der Waals surface area contributed by atoms with Crippen LogP contribution in [0.5, 0.6) is 0 Å². The molecule has 0 unspecified atom stereocenters. The third-order valence-corrected chi connectivity index (χ3v) is 6.06. The van der Waals surface area contributed by atoms with Crippen LogP contribution in [-0.2, 0) is 11.2 Å². The molecule has 2 N–H and O–H groups in total. The number of benzene rings is 1. The van der Waals surface area contributed by atoms with E-state index < -0.39 is 17.9 Å². The minimum Gasteiger partial charge on any atom is -0.436 e. The van der Waals surface area contributed by atoms with E-state index in [1.807, 2.05) is 19.1 Å². The van der Waals surface area contributed by atoms with E-state index >= 15 is 0 Å². The number of hydrazine groups is 1. The van der Waals surface area contributed by atoms with Crippen LogP contribution in [-0.4, -0.2) is 47.5 Å². The Balaban J connectivity index is 1.49. The number of amides is 3. The number of carbonyl (C=O) groups excluding carboxylic acids is 3. The molecule has 1 saturated heterocycles. The van der Waals surface area contributed by atoms with Crippen LogP contribution in [0.15, 0.2) is 29.6 Å². The second-order valence-electron chi connectivity index (χ2n) is 7.05. The molecule has 0 radical (unpaired) electrons. The molecular formula is C22H24N4O4S. The van der Waals surface area contributed by atoms with Crippen molar-refractivity contribution in [2.24, 2.45) is 0 Å². The Morgan fingerprint density at radius 1 is 1.19 bits per heavy atom. The van der Waals surface area contributed by atoms with Gasteiger partial charge in [-0.2, -0.15) is 0 Å². The molecule has 3 rings (SSSR count). The number of thiazole rings is 1. The normalized spacial score (nSPS) is 13.9. The molecule has 162 valence electrons. The zero-order valence-electron chi connectivity index (χ0n) is 17.2. The smallest absolute Gasteiger partial charge is 0.410 e. The minimum absolute atomic E-state index is 0.0374. The zero-order chi connectivity index (χ0) is 22.2. The minimum atomic E-state index is -0.476. The molecule has 8 nitrogen and oxygen atoms in total. The standard InChI is InChI=1S/C22H24N4O4S/c1-3-13-30-22(29)26-11-9-17(10-12-26)21-23-18(14-31-21)20(28)25-24-19(27)16-7-5-15(4-2)6-8-16/h1,5-8,14,17H,4,9-13H2,2H3,(H,24,27)(H,25,28). The number of nitrogens with zero attached hydrogens (tertiary/aromatic N) is 2. The van der Waals surface area contributed by atoms with Gasteiger partial charge in [-0.05, 0) is 37.0 Å². The summed E-state index contributed by atoms with van der Waals surface area (Å²) in [7, 11) is 0. The lowest BCUT2D eigenvalue weighted by molar-refractivity contribution is 0.0844. The lowest BCUT2D eigenvalue weighted by atomic mass is 9.98. The van der Waals surface area contributed by atoms with E-state index in [0.717, 1.165) is 29.8 Å². The summed E-state index contributed by atoms with van der Waals surface area (Å²) in [6, 6.07) is 7.19. The molecule has 0 atom stereocenters. The number of aromatic nitrogens is 1. The van der Waals surface area contributed by atoms with Gasteiger partial charge in [0.05, 0.1) is 5.01 Å². The second-order valence-corrected chi connectivity index (χ2v) is 7.94. The Labute approximate surface area is 185 Å². The fourth-order valence-electron chi connectivity index (χ4n) is 3.22. The van der Waals surface area contributed by atoms with Gasteiger partial charge in [0.25, 0.3) is 11.8 Å². The first-order valence-electron chi connectivity index (χ1n) is 10.0. The van der Waals surface area contributed by atoms with E-state index in [-0.39, 0.29) is 18.2 Å². The van der Waals surface area contributed by atoms with Gasteiger partial charge in [0.2, 0.25) is 0 Å². The summed E-state index contributed by atoms with van der Waals surface area (Å²) in [4.78, 5) is 42.4. The van der Waals surface area contributed by atoms with Crippen molar-refractivity contribution in [2.75, 3.05) is 19.7 Å². The molecule has 1 aliphatic heterocycles. The van der Waals surface area contributed by atoms with Crippen LogP contribution < -0.4 is 10.9 Å². The number of likely N-dealkylation sites (tertiary alicyclic amines) is 1. The highest BCUT2D eigenvalue weighted by molar-refractivity contribution is 7.09. The highest BCUT2D eigenvalue weighted by Gasteiger charge is 2.27. The number of ether oxygens (including phenoxy) is 1. The van der Waals surface area contributed by atoms with E-state index in [4.69, 9.17) is 11.2 Å². The number of hydrogen-bond donors (Lipinski definition) is 2. The first-order chi connectivity index (χ1) is 15.0. The number of hydrogen-bond acceptors (Lipinski definition) is 6. The van der Waals surface area contributed by atoms with Gasteiger partial charge in [0.15, 0.2) is 6.61 Å². The van der Waals surface area contributed by atoms with Gasteiger partial charge >= 0.3 is 6.09 Å². The number of rotatable bonds is 5. The first kappa shape index (κ1) is 22.3. The average Bonchev–Trinajstić information content (AvgIpc) is 3.31. The van der Waals surface area contributed by atoms with Crippen molar-refractivity contribution in [3.05, 3.63) is 51.5 Å². The molecule has 0 saturated carbocycles. The maximum atomic E-state index is 12.4. The number of aryl methyl sites for hydroxylation is 1. The highest BCUT2D eigenvalue weighted by Crippen LogP contribution is 2.30. The van der Waals surface area contributed by atoms with Gasteiger partial charge in [-0.1, -0.05) is 25.0 Å². The Kier molecular flexibility index (Phi) is 7.62. The van der Waals surface area contributed by atoms with Crippen molar-refractivity contribution in [1.29, 1.82) is 0 Å². The van der Waals surface area contributed by atoms with Crippen LogP contribution >= 0.6 is 11.3 Å². The van der Waals surface area contributed by atoms with E-state index in [2.05, 4.69) is 21.8 Å². The fourth-order valence-corrected chi connectivity index (χ4v) is 4.20. The van der Waals surface area contributed by atoms with Crippen LogP contribution in [0, 0.1) is 12.3 Å². The average molecular weight is 441 g/mol. The number of carbonyl (C=O) groups is 3. The van der Waals surface area contributed by atoms with Crippen LogP contribution in [0.2, 0.25) is 0 Å². The predicted octanol–water partition coefficient (Wildman–Crippen LogP) is 2.73. The molecular weight excluding hydrogens is 416 g/mol. The monoisotopic (exact) mass is 440 g/mol. The third-order valence-electron chi connectivity index (χ3n) is 5.05. The summed E-state index contributed by atoms with van der Waals surface area (Å²) in [5.74, 6) is 1.57. The van der Waals surface area contributed by atoms with Crippen molar-refractivity contribution in [3.8, 4) is 12.3 Å². The van der Waals surface area contributed by atoms with Crippen molar-refractivity contribution >= 4 is 29.2 Å². The molecule has 1 fully saturated rings. The predicted molar refractivity (Wildman–Crippen MR) is 117 cm³/mol. The summed E-state index contributed by atoms with van der Waals surface area (Å²) in [6.45, 7) is 3.09.